The van der Waals surface area contributed by atoms with Crippen LogP contribution in [0.2, 0.25) is 0 Å². The fourth-order valence-corrected chi connectivity index (χ4v) is 2.32. The molecule has 0 aliphatic rings. The predicted octanol–water partition coefficient (Wildman–Crippen LogP) is 2.57. The smallest absolute Gasteiger partial charge is 0.127 e. The minimum Gasteiger partial charge on any atom is -0.380 e. The molecule has 0 spiro atoms. The van der Waals surface area contributed by atoms with Gasteiger partial charge in [0, 0.05) is 25.3 Å². The van der Waals surface area contributed by atoms with Crippen molar-refractivity contribution in [2.75, 3.05) is 20.7 Å². The van der Waals surface area contributed by atoms with Gasteiger partial charge >= 0.3 is 0 Å². The monoisotopic (exact) mass is 268 g/mol. The molecule has 0 aliphatic carbocycles. The molecular formula is C15H25FN2O. The van der Waals surface area contributed by atoms with Crippen molar-refractivity contribution in [2.45, 2.75) is 38.5 Å². The Morgan fingerprint density at radius 2 is 1.95 bits per heavy atom. The standard InChI is InChI=1S/C15H25FN2O/c1-11(13-8-6-7-9-14(13)16)18(4)15(3,10-17)12(2)19-5/h6-9,11-12H,10,17H2,1-5H3. The molecule has 0 heterocycles. The molecule has 108 valence electrons. The van der Waals surface area contributed by atoms with Crippen molar-refractivity contribution in [3.8, 4) is 0 Å². The number of benzene rings is 1. The number of hydrogen-bond acceptors (Lipinski definition) is 3. The van der Waals surface area contributed by atoms with E-state index < -0.39 is 0 Å². The van der Waals surface area contributed by atoms with Crippen LogP contribution in [0.25, 0.3) is 0 Å². The minimum atomic E-state index is -0.351. The van der Waals surface area contributed by atoms with Crippen LogP contribution in [0.15, 0.2) is 24.3 Å². The molecule has 1 aromatic carbocycles. The molecule has 0 radical (unpaired) electrons. The summed E-state index contributed by atoms with van der Waals surface area (Å²) < 4.78 is 19.3. The van der Waals surface area contributed by atoms with Crippen LogP contribution in [0, 0.1) is 5.82 Å². The van der Waals surface area contributed by atoms with E-state index in [2.05, 4.69) is 4.90 Å². The molecule has 1 rings (SSSR count). The van der Waals surface area contributed by atoms with Crippen LogP contribution in [0.5, 0.6) is 0 Å². The number of rotatable bonds is 6. The van der Waals surface area contributed by atoms with Crippen LogP contribution in [0.4, 0.5) is 4.39 Å². The number of ether oxygens (including phenoxy) is 1. The van der Waals surface area contributed by atoms with Gasteiger partial charge < -0.3 is 10.5 Å². The molecule has 0 fully saturated rings. The molecule has 3 unspecified atom stereocenters. The van der Waals surface area contributed by atoms with Crippen molar-refractivity contribution in [1.82, 2.24) is 4.90 Å². The van der Waals surface area contributed by atoms with E-state index >= 15 is 0 Å². The maximum atomic E-state index is 13.9. The van der Waals surface area contributed by atoms with Gasteiger partial charge in [0.1, 0.15) is 5.82 Å². The first-order valence-corrected chi connectivity index (χ1v) is 6.58. The fourth-order valence-electron chi connectivity index (χ4n) is 2.32. The summed E-state index contributed by atoms with van der Waals surface area (Å²) in [5, 5.41) is 0. The van der Waals surface area contributed by atoms with Crippen molar-refractivity contribution >= 4 is 0 Å². The number of halogens is 1. The van der Waals surface area contributed by atoms with Gasteiger partial charge in [-0.3, -0.25) is 4.90 Å². The summed E-state index contributed by atoms with van der Waals surface area (Å²) >= 11 is 0. The SMILES string of the molecule is COC(C)C(C)(CN)N(C)C(C)c1ccccc1F. The van der Waals surface area contributed by atoms with Gasteiger partial charge in [-0.2, -0.15) is 0 Å². The van der Waals surface area contributed by atoms with Crippen LogP contribution in [-0.4, -0.2) is 37.2 Å². The van der Waals surface area contributed by atoms with Crippen LogP contribution in [0.1, 0.15) is 32.4 Å². The fraction of sp³-hybridized carbons (Fsp3) is 0.600. The van der Waals surface area contributed by atoms with Crippen LogP contribution >= 0.6 is 0 Å². The third-order valence-electron chi connectivity index (χ3n) is 4.38. The van der Waals surface area contributed by atoms with Crippen molar-refractivity contribution in [3.63, 3.8) is 0 Å². The Hall–Kier alpha value is -0.970. The highest BCUT2D eigenvalue weighted by molar-refractivity contribution is 5.21. The van der Waals surface area contributed by atoms with E-state index in [0.29, 0.717) is 12.1 Å². The lowest BCUT2D eigenvalue weighted by molar-refractivity contribution is -0.0358. The van der Waals surface area contributed by atoms with Gasteiger partial charge in [0.15, 0.2) is 0 Å². The second-order valence-corrected chi connectivity index (χ2v) is 5.25. The lowest BCUT2D eigenvalue weighted by Gasteiger charge is -2.45. The Labute approximate surface area is 115 Å². The minimum absolute atomic E-state index is 0.0447. The van der Waals surface area contributed by atoms with E-state index in [0.717, 1.165) is 0 Å². The quantitative estimate of drug-likeness (QED) is 0.862. The zero-order valence-electron chi connectivity index (χ0n) is 12.5. The molecule has 0 aliphatic heterocycles. The summed E-state index contributed by atoms with van der Waals surface area (Å²) in [6.07, 6.45) is -0.0447. The normalized spacial score (nSPS) is 18.1. The maximum Gasteiger partial charge on any atom is 0.127 e. The van der Waals surface area contributed by atoms with Crippen LogP contribution in [-0.2, 0) is 4.74 Å². The van der Waals surface area contributed by atoms with Crippen molar-refractivity contribution < 1.29 is 9.13 Å². The summed E-state index contributed by atoms with van der Waals surface area (Å²) in [5.74, 6) is -0.189. The Morgan fingerprint density at radius 1 is 1.37 bits per heavy atom. The number of hydrogen-bond donors (Lipinski definition) is 1. The molecule has 1 aromatic rings. The molecule has 2 N–H and O–H groups in total. The van der Waals surface area contributed by atoms with Crippen LogP contribution < -0.4 is 5.73 Å². The molecule has 0 saturated carbocycles. The summed E-state index contributed by atoms with van der Waals surface area (Å²) in [4.78, 5) is 2.08. The highest BCUT2D eigenvalue weighted by Gasteiger charge is 2.37. The molecular weight excluding hydrogens is 243 g/mol. The van der Waals surface area contributed by atoms with E-state index in [9.17, 15) is 4.39 Å². The highest BCUT2D eigenvalue weighted by atomic mass is 19.1. The van der Waals surface area contributed by atoms with E-state index in [1.165, 1.54) is 6.07 Å². The van der Waals surface area contributed by atoms with Gasteiger partial charge in [-0.15, -0.1) is 0 Å². The molecule has 3 nitrogen and oxygen atoms in total. The second-order valence-electron chi connectivity index (χ2n) is 5.25. The average Bonchev–Trinajstić information content (AvgIpc) is 2.44. The van der Waals surface area contributed by atoms with Crippen molar-refractivity contribution in [3.05, 3.63) is 35.6 Å². The Kier molecular flexibility index (Phi) is 5.47. The molecule has 3 atom stereocenters. The first kappa shape index (κ1) is 16.1. The zero-order valence-corrected chi connectivity index (χ0v) is 12.5. The van der Waals surface area contributed by atoms with Gasteiger partial charge in [0.05, 0.1) is 11.6 Å². The van der Waals surface area contributed by atoms with E-state index in [4.69, 9.17) is 10.5 Å². The predicted molar refractivity (Wildman–Crippen MR) is 76.5 cm³/mol. The molecule has 0 amide bonds. The van der Waals surface area contributed by atoms with Crippen molar-refractivity contribution in [1.29, 1.82) is 0 Å². The second kappa shape index (κ2) is 6.46. The first-order chi connectivity index (χ1) is 8.88. The number of nitrogens with zero attached hydrogens (tertiary/aromatic N) is 1. The third kappa shape index (κ3) is 3.14. The maximum absolute atomic E-state index is 13.9. The third-order valence-corrected chi connectivity index (χ3v) is 4.38. The van der Waals surface area contributed by atoms with Crippen LogP contribution in [0.3, 0.4) is 0 Å². The van der Waals surface area contributed by atoms with Gasteiger partial charge in [0.2, 0.25) is 0 Å². The average molecular weight is 268 g/mol. The molecule has 0 bridgehead atoms. The Balaban J connectivity index is 3.04. The van der Waals surface area contributed by atoms with E-state index in [-0.39, 0.29) is 23.5 Å². The van der Waals surface area contributed by atoms with Gasteiger partial charge in [0.25, 0.3) is 0 Å². The molecule has 19 heavy (non-hydrogen) atoms. The molecule has 0 saturated heterocycles. The number of likely N-dealkylation sites (N-methyl/N-ethyl adjacent to an activating group) is 1. The highest BCUT2D eigenvalue weighted by Crippen LogP contribution is 2.30. The summed E-state index contributed by atoms with van der Waals surface area (Å²) in [5.41, 5.74) is 6.25. The Morgan fingerprint density at radius 3 is 2.42 bits per heavy atom. The largest absolute Gasteiger partial charge is 0.380 e. The van der Waals surface area contributed by atoms with E-state index in [1.807, 2.05) is 40.0 Å². The lowest BCUT2D eigenvalue weighted by atomic mass is 9.91. The van der Waals surface area contributed by atoms with Crippen molar-refractivity contribution in [2.24, 2.45) is 5.73 Å². The topological polar surface area (TPSA) is 38.5 Å². The first-order valence-electron chi connectivity index (χ1n) is 6.58. The molecule has 0 aromatic heterocycles. The summed E-state index contributed by atoms with van der Waals surface area (Å²) in [6.45, 7) is 6.45. The van der Waals surface area contributed by atoms with Gasteiger partial charge in [-0.05, 0) is 33.9 Å². The number of methoxy groups -OCH3 is 1. The summed E-state index contributed by atoms with van der Waals surface area (Å²) in [7, 11) is 3.62. The lowest BCUT2D eigenvalue weighted by Crippen LogP contribution is -2.58. The Bertz CT molecular complexity index is 413. The number of nitrogens with two attached hydrogens (primary N) is 1. The zero-order chi connectivity index (χ0) is 14.6. The van der Waals surface area contributed by atoms with E-state index in [1.54, 1.807) is 13.2 Å². The summed E-state index contributed by atoms with van der Waals surface area (Å²) in [6, 6.07) is 6.77. The van der Waals surface area contributed by atoms with Gasteiger partial charge in [-0.1, -0.05) is 18.2 Å². The van der Waals surface area contributed by atoms with Gasteiger partial charge in [-0.25, -0.2) is 4.39 Å². The molecule has 4 heteroatoms.